The molecule has 0 aliphatic carbocycles. The van der Waals surface area contributed by atoms with Crippen LogP contribution in [0.1, 0.15) is 34.8 Å². The molecular formula is C11H13ClFNO2. The topological polar surface area (TPSA) is 49.3 Å². The van der Waals surface area contributed by atoms with Crippen molar-refractivity contribution in [3.05, 3.63) is 35.1 Å². The van der Waals surface area contributed by atoms with Gasteiger partial charge < -0.3 is 10.4 Å². The minimum Gasteiger partial charge on any atom is -0.478 e. The second-order valence-corrected chi connectivity index (χ2v) is 3.69. The van der Waals surface area contributed by atoms with E-state index in [0.29, 0.717) is 5.56 Å². The summed E-state index contributed by atoms with van der Waals surface area (Å²) >= 11 is 0. The van der Waals surface area contributed by atoms with Crippen molar-refractivity contribution in [3.8, 4) is 0 Å². The Morgan fingerprint density at radius 2 is 2.25 bits per heavy atom. The van der Waals surface area contributed by atoms with Crippen molar-refractivity contribution < 1.29 is 14.3 Å². The number of hydrogen-bond acceptors (Lipinski definition) is 2. The standard InChI is InChI=1S/C11H12FNO2.ClH/c12-9-6-7(11(14)15)3-4-8(9)10-2-1-5-13-10;/h3-4,6,10,13H,1-2,5H2,(H,14,15);1H/t10-;/m0./s1. The lowest BCUT2D eigenvalue weighted by atomic mass is 10.0. The van der Waals surface area contributed by atoms with E-state index >= 15 is 0 Å². The number of halogens is 2. The fourth-order valence-corrected chi connectivity index (χ4v) is 1.89. The normalized spacial score (nSPS) is 19.2. The van der Waals surface area contributed by atoms with Gasteiger partial charge in [0.25, 0.3) is 0 Å². The van der Waals surface area contributed by atoms with Crippen LogP contribution in [0.4, 0.5) is 4.39 Å². The Morgan fingerprint density at radius 3 is 2.75 bits per heavy atom. The van der Waals surface area contributed by atoms with Crippen molar-refractivity contribution >= 4 is 18.4 Å². The summed E-state index contributed by atoms with van der Waals surface area (Å²) in [5, 5.41) is 11.9. The van der Waals surface area contributed by atoms with Crippen LogP contribution in [-0.2, 0) is 0 Å². The smallest absolute Gasteiger partial charge is 0.335 e. The molecule has 3 nitrogen and oxygen atoms in total. The van der Waals surface area contributed by atoms with Gasteiger partial charge in [-0.1, -0.05) is 6.07 Å². The van der Waals surface area contributed by atoms with E-state index in [9.17, 15) is 9.18 Å². The molecule has 1 aromatic carbocycles. The summed E-state index contributed by atoms with van der Waals surface area (Å²) in [6.45, 7) is 0.894. The molecule has 0 unspecified atom stereocenters. The number of benzene rings is 1. The van der Waals surface area contributed by atoms with Crippen LogP contribution in [0.3, 0.4) is 0 Å². The second-order valence-electron chi connectivity index (χ2n) is 3.69. The molecule has 0 aromatic heterocycles. The summed E-state index contributed by atoms with van der Waals surface area (Å²) in [6, 6.07) is 4.12. The first kappa shape index (κ1) is 12.9. The molecule has 1 aliphatic heterocycles. The third kappa shape index (κ3) is 2.51. The first-order valence-electron chi connectivity index (χ1n) is 4.94. The summed E-state index contributed by atoms with van der Waals surface area (Å²) in [5.74, 6) is -1.53. The number of carboxylic acid groups (broad SMARTS) is 1. The lowest BCUT2D eigenvalue weighted by Crippen LogP contribution is -2.14. The SMILES string of the molecule is Cl.O=C(O)c1ccc([C@@H]2CCCN2)c(F)c1. The highest BCUT2D eigenvalue weighted by Gasteiger charge is 2.20. The molecule has 0 amide bonds. The van der Waals surface area contributed by atoms with Crippen molar-refractivity contribution in [2.45, 2.75) is 18.9 Å². The average molecular weight is 246 g/mol. The Kier molecular flexibility index (Phi) is 4.26. The first-order valence-corrected chi connectivity index (χ1v) is 4.94. The highest BCUT2D eigenvalue weighted by molar-refractivity contribution is 5.87. The van der Waals surface area contributed by atoms with Gasteiger partial charge in [-0.25, -0.2) is 9.18 Å². The zero-order valence-electron chi connectivity index (χ0n) is 8.57. The molecule has 1 atom stereocenters. The molecule has 1 fully saturated rings. The predicted molar refractivity (Wildman–Crippen MR) is 60.6 cm³/mol. The van der Waals surface area contributed by atoms with Gasteiger partial charge in [-0.05, 0) is 31.5 Å². The zero-order chi connectivity index (χ0) is 10.8. The van der Waals surface area contributed by atoms with E-state index in [1.165, 1.54) is 6.07 Å². The van der Waals surface area contributed by atoms with Crippen molar-refractivity contribution in [1.29, 1.82) is 0 Å². The predicted octanol–water partition coefficient (Wildman–Crippen LogP) is 2.37. The van der Waals surface area contributed by atoms with Gasteiger partial charge in [0.05, 0.1) is 5.56 Å². The maximum absolute atomic E-state index is 13.6. The quantitative estimate of drug-likeness (QED) is 0.841. The second kappa shape index (κ2) is 5.27. The largest absolute Gasteiger partial charge is 0.478 e. The zero-order valence-corrected chi connectivity index (χ0v) is 9.39. The molecule has 5 heteroatoms. The molecule has 2 N–H and O–H groups in total. The molecule has 0 bridgehead atoms. The lowest BCUT2D eigenvalue weighted by Gasteiger charge is -2.11. The van der Waals surface area contributed by atoms with Gasteiger partial charge in [0.2, 0.25) is 0 Å². The summed E-state index contributed by atoms with van der Waals surface area (Å²) in [6.07, 6.45) is 1.94. The molecule has 16 heavy (non-hydrogen) atoms. The molecule has 0 radical (unpaired) electrons. The number of rotatable bonds is 2. The van der Waals surface area contributed by atoms with Gasteiger partial charge in [0.1, 0.15) is 5.82 Å². The van der Waals surface area contributed by atoms with Crippen LogP contribution in [0.5, 0.6) is 0 Å². The molecule has 1 heterocycles. The molecule has 0 spiro atoms. The van der Waals surface area contributed by atoms with E-state index < -0.39 is 11.8 Å². The fourth-order valence-electron chi connectivity index (χ4n) is 1.89. The summed E-state index contributed by atoms with van der Waals surface area (Å²) in [5.41, 5.74) is 0.562. The Hall–Kier alpha value is -1.13. The van der Waals surface area contributed by atoms with Crippen LogP contribution in [0, 0.1) is 5.82 Å². The molecule has 88 valence electrons. The van der Waals surface area contributed by atoms with Crippen molar-refractivity contribution in [3.63, 3.8) is 0 Å². The maximum atomic E-state index is 13.6. The van der Waals surface area contributed by atoms with Crippen molar-refractivity contribution in [2.24, 2.45) is 0 Å². The number of carboxylic acids is 1. The molecular weight excluding hydrogens is 233 g/mol. The summed E-state index contributed by atoms with van der Waals surface area (Å²) in [7, 11) is 0. The van der Waals surface area contributed by atoms with E-state index in [0.717, 1.165) is 25.5 Å². The summed E-state index contributed by atoms with van der Waals surface area (Å²) in [4.78, 5) is 10.6. The molecule has 1 aliphatic rings. The van der Waals surface area contributed by atoms with Crippen LogP contribution in [0.15, 0.2) is 18.2 Å². The third-order valence-corrected chi connectivity index (χ3v) is 2.68. The fraction of sp³-hybridized carbons (Fsp3) is 0.364. The lowest BCUT2D eigenvalue weighted by molar-refractivity contribution is 0.0696. The summed E-state index contributed by atoms with van der Waals surface area (Å²) < 4.78 is 13.6. The van der Waals surface area contributed by atoms with Crippen LogP contribution in [-0.4, -0.2) is 17.6 Å². The number of hydrogen-bond donors (Lipinski definition) is 2. The van der Waals surface area contributed by atoms with E-state index in [-0.39, 0.29) is 24.0 Å². The Morgan fingerprint density at radius 1 is 1.50 bits per heavy atom. The van der Waals surface area contributed by atoms with Gasteiger partial charge in [-0.15, -0.1) is 12.4 Å². The molecule has 2 rings (SSSR count). The van der Waals surface area contributed by atoms with Crippen LogP contribution < -0.4 is 5.32 Å². The van der Waals surface area contributed by atoms with Gasteiger partial charge >= 0.3 is 5.97 Å². The van der Waals surface area contributed by atoms with Gasteiger partial charge in [0, 0.05) is 11.6 Å². The van der Waals surface area contributed by atoms with Crippen LogP contribution in [0.2, 0.25) is 0 Å². The monoisotopic (exact) mass is 245 g/mol. The minimum absolute atomic E-state index is 0. The molecule has 0 saturated carbocycles. The average Bonchev–Trinajstić information content (AvgIpc) is 2.70. The van der Waals surface area contributed by atoms with E-state index in [1.54, 1.807) is 6.07 Å². The van der Waals surface area contributed by atoms with Crippen LogP contribution in [0.25, 0.3) is 0 Å². The van der Waals surface area contributed by atoms with Gasteiger partial charge in [-0.3, -0.25) is 0 Å². The van der Waals surface area contributed by atoms with Gasteiger partial charge in [-0.2, -0.15) is 0 Å². The first-order chi connectivity index (χ1) is 7.18. The molecule has 1 saturated heterocycles. The number of carbonyl (C=O) groups is 1. The number of aromatic carboxylic acids is 1. The Balaban J connectivity index is 0.00000128. The van der Waals surface area contributed by atoms with Crippen LogP contribution >= 0.6 is 12.4 Å². The minimum atomic E-state index is -1.10. The van der Waals surface area contributed by atoms with E-state index in [4.69, 9.17) is 5.11 Å². The van der Waals surface area contributed by atoms with Gasteiger partial charge in [0.15, 0.2) is 0 Å². The third-order valence-electron chi connectivity index (χ3n) is 2.68. The number of nitrogens with one attached hydrogen (secondary N) is 1. The maximum Gasteiger partial charge on any atom is 0.335 e. The van der Waals surface area contributed by atoms with Crippen molar-refractivity contribution in [2.75, 3.05) is 6.54 Å². The van der Waals surface area contributed by atoms with E-state index in [2.05, 4.69) is 5.32 Å². The highest BCUT2D eigenvalue weighted by Crippen LogP contribution is 2.25. The Bertz CT molecular complexity index is 392. The Labute approximate surface area is 99.1 Å². The van der Waals surface area contributed by atoms with E-state index in [1.807, 2.05) is 0 Å². The molecule has 1 aromatic rings. The highest BCUT2D eigenvalue weighted by atomic mass is 35.5. The van der Waals surface area contributed by atoms with Crippen molar-refractivity contribution in [1.82, 2.24) is 5.32 Å².